The molecule has 0 radical (unpaired) electrons. The van der Waals surface area contributed by atoms with Crippen molar-refractivity contribution in [1.82, 2.24) is 0 Å². The van der Waals surface area contributed by atoms with Crippen LogP contribution in [0.15, 0.2) is 10.2 Å². The Labute approximate surface area is 75.0 Å². The third-order valence-electron chi connectivity index (χ3n) is 1.34. The summed E-state index contributed by atoms with van der Waals surface area (Å²) in [5.74, 6) is -0.200. The third kappa shape index (κ3) is 4.78. The summed E-state index contributed by atoms with van der Waals surface area (Å²) in [7, 11) is 0. The lowest BCUT2D eigenvalue weighted by Gasteiger charge is -2.02. The number of carbonyl (C=O) groups is 1. The molecule has 0 aliphatic rings. The van der Waals surface area contributed by atoms with Crippen molar-refractivity contribution in [3.63, 3.8) is 0 Å². The van der Waals surface area contributed by atoms with Crippen LogP contribution in [-0.2, 0) is 4.79 Å². The van der Waals surface area contributed by atoms with Crippen LogP contribution in [0.2, 0.25) is 0 Å². The van der Waals surface area contributed by atoms with E-state index in [1.807, 2.05) is 17.1 Å². The molecular formula is C7H12INO. The summed E-state index contributed by atoms with van der Waals surface area (Å²) >= 11 is 2.15. The monoisotopic (exact) mass is 253 g/mol. The van der Waals surface area contributed by atoms with Crippen LogP contribution in [0.25, 0.3) is 0 Å². The van der Waals surface area contributed by atoms with Gasteiger partial charge in [-0.2, -0.15) is 0 Å². The van der Waals surface area contributed by atoms with Gasteiger partial charge >= 0.3 is 0 Å². The van der Waals surface area contributed by atoms with Crippen molar-refractivity contribution in [1.29, 1.82) is 0 Å². The van der Waals surface area contributed by atoms with Gasteiger partial charge in [0.2, 0.25) is 5.91 Å². The molecule has 0 saturated carbocycles. The van der Waals surface area contributed by atoms with E-state index < -0.39 is 0 Å². The van der Waals surface area contributed by atoms with E-state index in [2.05, 4.69) is 22.6 Å². The molecule has 0 heterocycles. The Morgan fingerprint density at radius 2 is 2.40 bits per heavy atom. The van der Waals surface area contributed by atoms with Gasteiger partial charge in [0, 0.05) is 5.92 Å². The van der Waals surface area contributed by atoms with Crippen molar-refractivity contribution in [3.8, 4) is 0 Å². The first kappa shape index (κ1) is 9.94. The third-order valence-corrected chi connectivity index (χ3v) is 1.85. The smallest absolute Gasteiger partial charge is 0.220 e. The zero-order valence-corrected chi connectivity index (χ0v) is 8.17. The van der Waals surface area contributed by atoms with Gasteiger partial charge in [0.05, 0.1) is 0 Å². The van der Waals surface area contributed by atoms with Crippen molar-refractivity contribution >= 4 is 28.5 Å². The fourth-order valence-corrected chi connectivity index (χ4v) is 0.911. The lowest BCUT2D eigenvalue weighted by Crippen LogP contribution is -2.20. The molecule has 2 nitrogen and oxygen atoms in total. The summed E-state index contributed by atoms with van der Waals surface area (Å²) in [6.07, 6.45) is 3.82. The predicted molar refractivity (Wildman–Crippen MR) is 50.8 cm³/mol. The maximum atomic E-state index is 10.5. The van der Waals surface area contributed by atoms with Crippen LogP contribution >= 0.6 is 22.6 Å². The first-order chi connectivity index (χ1) is 4.68. The largest absolute Gasteiger partial charge is 0.369 e. The van der Waals surface area contributed by atoms with Gasteiger partial charge in [0.15, 0.2) is 0 Å². The molecule has 58 valence electrons. The summed E-state index contributed by atoms with van der Waals surface area (Å²) in [6, 6.07) is 0. The molecule has 1 amide bonds. The quantitative estimate of drug-likeness (QED) is 0.763. The van der Waals surface area contributed by atoms with Gasteiger partial charge in [0.1, 0.15) is 0 Å². The number of nitrogens with two attached hydrogens (primary N) is 1. The maximum absolute atomic E-state index is 10.5. The van der Waals surface area contributed by atoms with E-state index >= 15 is 0 Å². The highest BCUT2D eigenvalue weighted by atomic mass is 127. The van der Waals surface area contributed by atoms with Gasteiger partial charge < -0.3 is 5.73 Å². The van der Waals surface area contributed by atoms with Gasteiger partial charge in [-0.3, -0.25) is 4.79 Å². The number of hydrogen-bond acceptors (Lipinski definition) is 1. The molecule has 0 aliphatic heterocycles. The van der Waals surface area contributed by atoms with Gasteiger partial charge in [-0.15, -0.1) is 0 Å². The highest BCUT2D eigenvalue weighted by Crippen LogP contribution is 2.05. The highest BCUT2D eigenvalue weighted by Gasteiger charge is 2.05. The number of carbonyl (C=O) groups excluding carboxylic acids is 1. The van der Waals surface area contributed by atoms with Crippen LogP contribution in [0.4, 0.5) is 0 Å². The Bertz CT molecular complexity index is 134. The van der Waals surface area contributed by atoms with Gasteiger partial charge in [-0.25, -0.2) is 0 Å². The minimum absolute atomic E-state index is 0.00704. The molecule has 10 heavy (non-hydrogen) atoms. The molecule has 0 saturated heterocycles. The van der Waals surface area contributed by atoms with Crippen molar-refractivity contribution in [2.24, 2.45) is 11.7 Å². The maximum Gasteiger partial charge on any atom is 0.220 e. The summed E-state index contributed by atoms with van der Waals surface area (Å²) in [5, 5.41) is 0. The Hall–Kier alpha value is -0.0600. The Balaban J connectivity index is 3.39. The molecule has 0 rings (SSSR count). The van der Waals surface area contributed by atoms with Gasteiger partial charge in [-0.05, 0) is 16.9 Å². The normalized spacial score (nSPS) is 13.8. The number of allylic oxidation sites excluding steroid dienone is 1. The number of amides is 1. The zero-order valence-electron chi connectivity index (χ0n) is 6.01. The first-order valence-corrected chi connectivity index (χ1v) is 4.47. The Morgan fingerprint density at radius 1 is 1.80 bits per heavy atom. The second-order valence-corrected chi connectivity index (χ2v) is 2.96. The topological polar surface area (TPSA) is 43.1 Å². The Morgan fingerprint density at radius 3 is 2.80 bits per heavy atom. The summed E-state index contributed by atoms with van der Waals surface area (Å²) in [6.45, 7) is 1.85. The first-order valence-electron chi connectivity index (χ1n) is 3.23. The lowest BCUT2D eigenvalue weighted by atomic mass is 10.1. The summed E-state index contributed by atoms with van der Waals surface area (Å²) < 4.78 is 1.95. The number of hydrogen-bond donors (Lipinski definition) is 1. The SMILES string of the molecule is CC(CC/C=C\I)C(N)=O. The van der Waals surface area contributed by atoms with Gasteiger partial charge in [-0.1, -0.05) is 35.6 Å². The van der Waals surface area contributed by atoms with Crippen LogP contribution in [-0.4, -0.2) is 5.91 Å². The number of primary amides is 1. The predicted octanol–water partition coefficient (Wildman–Crippen LogP) is 1.84. The molecule has 0 fully saturated rings. The molecule has 1 atom stereocenters. The average Bonchev–Trinajstić information content (AvgIpc) is 1.88. The number of rotatable bonds is 4. The van der Waals surface area contributed by atoms with E-state index in [-0.39, 0.29) is 11.8 Å². The fourth-order valence-electron chi connectivity index (χ4n) is 0.551. The molecule has 0 aromatic carbocycles. The minimum atomic E-state index is -0.207. The van der Waals surface area contributed by atoms with E-state index in [0.717, 1.165) is 12.8 Å². The van der Waals surface area contributed by atoms with Crippen LogP contribution < -0.4 is 5.73 Å². The second kappa shape index (κ2) is 5.70. The molecular weight excluding hydrogens is 241 g/mol. The standard InChI is InChI=1S/C7H12INO/c1-6(7(9)10)4-2-3-5-8/h3,5-6H,2,4H2,1H3,(H2,9,10)/b5-3-. The summed E-state index contributed by atoms with van der Waals surface area (Å²) in [5.41, 5.74) is 5.05. The van der Waals surface area contributed by atoms with E-state index in [1.165, 1.54) is 0 Å². The highest BCUT2D eigenvalue weighted by molar-refractivity contribution is 14.1. The minimum Gasteiger partial charge on any atom is -0.369 e. The average molecular weight is 253 g/mol. The molecule has 0 spiro atoms. The van der Waals surface area contributed by atoms with Crippen molar-refractivity contribution in [3.05, 3.63) is 10.2 Å². The number of halogens is 1. The van der Waals surface area contributed by atoms with Crippen LogP contribution in [0.1, 0.15) is 19.8 Å². The molecule has 0 aromatic rings. The second-order valence-electron chi connectivity index (χ2n) is 2.24. The molecule has 1 unspecified atom stereocenters. The lowest BCUT2D eigenvalue weighted by molar-refractivity contribution is -0.121. The molecule has 3 heteroatoms. The molecule has 0 aliphatic carbocycles. The van der Waals surface area contributed by atoms with Crippen LogP contribution in [0.5, 0.6) is 0 Å². The van der Waals surface area contributed by atoms with Crippen LogP contribution in [0.3, 0.4) is 0 Å². The molecule has 0 bridgehead atoms. The van der Waals surface area contributed by atoms with Crippen molar-refractivity contribution in [2.45, 2.75) is 19.8 Å². The van der Waals surface area contributed by atoms with E-state index in [9.17, 15) is 4.79 Å². The Kier molecular flexibility index (Phi) is 5.67. The van der Waals surface area contributed by atoms with Crippen molar-refractivity contribution in [2.75, 3.05) is 0 Å². The molecule has 0 aromatic heterocycles. The van der Waals surface area contributed by atoms with E-state index in [4.69, 9.17) is 5.73 Å². The zero-order chi connectivity index (χ0) is 7.98. The van der Waals surface area contributed by atoms with Crippen molar-refractivity contribution < 1.29 is 4.79 Å². The van der Waals surface area contributed by atoms with Gasteiger partial charge in [0.25, 0.3) is 0 Å². The van der Waals surface area contributed by atoms with E-state index in [0.29, 0.717) is 0 Å². The van der Waals surface area contributed by atoms with Crippen LogP contribution in [0, 0.1) is 5.92 Å². The fraction of sp³-hybridized carbons (Fsp3) is 0.571. The summed E-state index contributed by atoms with van der Waals surface area (Å²) in [4.78, 5) is 10.5. The molecule has 2 N–H and O–H groups in total. The van der Waals surface area contributed by atoms with E-state index in [1.54, 1.807) is 0 Å².